The van der Waals surface area contributed by atoms with Crippen LogP contribution < -0.4 is 5.32 Å². The van der Waals surface area contributed by atoms with Crippen molar-refractivity contribution in [1.29, 1.82) is 0 Å². The Morgan fingerprint density at radius 3 is 2.69 bits per heavy atom. The number of benzene rings is 2. The predicted octanol–water partition coefficient (Wildman–Crippen LogP) is 4.96. The summed E-state index contributed by atoms with van der Waals surface area (Å²) in [4.78, 5) is 11.9. The van der Waals surface area contributed by atoms with Crippen LogP contribution in [0.3, 0.4) is 0 Å². The van der Waals surface area contributed by atoms with E-state index in [0.717, 1.165) is 28.3 Å². The number of nitrogens with one attached hydrogen (secondary N) is 2. The number of thiazole rings is 1. The van der Waals surface area contributed by atoms with Crippen molar-refractivity contribution < 1.29 is 5.11 Å². The van der Waals surface area contributed by atoms with E-state index in [4.69, 9.17) is 11.6 Å². The minimum Gasteiger partial charge on any atom is -0.368 e. The van der Waals surface area contributed by atoms with Gasteiger partial charge in [0.1, 0.15) is 11.5 Å². The number of halogens is 1. The molecule has 2 aromatic carbocycles. The lowest BCUT2D eigenvalue weighted by Gasteiger charge is -2.12. The molecule has 0 aliphatic rings. The fraction of sp³-hybridized carbons (Fsp3) is 0.0526. The number of hydrogen-bond acceptors (Lipinski definition) is 5. The number of aliphatic hydroxyl groups excluding tert-OH is 1. The third-order valence-corrected chi connectivity index (χ3v) is 4.73. The highest BCUT2D eigenvalue weighted by molar-refractivity contribution is 7.07. The molecule has 0 saturated heterocycles. The number of aromatic amines is 1. The van der Waals surface area contributed by atoms with Crippen LogP contribution in [-0.2, 0) is 0 Å². The molecular formula is C19H15ClN4OS. The molecular weight excluding hydrogens is 368 g/mol. The number of aromatic nitrogens is 3. The molecule has 0 radical (unpaired) electrons. The van der Waals surface area contributed by atoms with Crippen molar-refractivity contribution >= 4 is 28.6 Å². The van der Waals surface area contributed by atoms with Gasteiger partial charge in [0.2, 0.25) is 0 Å². The summed E-state index contributed by atoms with van der Waals surface area (Å²) < 4.78 is 0. The zero-order chi connectivity index (χ0) is 17.9. The van der Waals surface area contributed by atoms with E-state index in [1.54, 1.807) is 5.51 Å². The molecule has 0 spiro atoms. The van der Waals surface area contributed by atoms with Crippen molar-refractivity contribution in [2.75, 3.05) is 5.32 Å². The molecule has 0 fully saturated rings. The second-order valence-corrected chi connectivity index (χ2v) is 6.84. The Hall–Kier alpha value is -2.67. The van der Waals surface area contributed by atoms with E-state index in [9.17, 15) is 5.11 Å². The maximum absolute atomic E-state index is 10.1. The van der Waals surface area contributed by atoms with Crippen LogP contribution in [0, 0.1) is 0 Å². The van der Waals surface area contributed by atoms with Crippen molar-refractivity contribution in [3.05, 3.63) is 76.3 Å². The molecule has 5 nitrogen and oxygen atoms in total. The average Bonchev–Trinajstić information content (AvgIpc) is 3.35. The lowest BCUT2D eigenvalue weighted by Crippen LogP contribution is -2.09. The Morgan fingerprint density at radius 2 is 1.96 bits per heavy atom. The SMILES string of the molecule is OC(Nc1ccc(-c2nc(-c3cccc(Cl)c3)c[nH]2)cc1)c1cscn1. The van der Waals surface area contributed by atoms with Crippen LogP contribution in [0.2, 0.25) is 5.02 Å². The number of anilines is 1. The lowest BCUT2D eigenvalue weighted by atomic mass is 10.2. The molecule has 1 atom stereocenters. The van der Waals surface area contributed by atoms with Gasteiger partial charge < -0.3 is 15.4 Å². The van der Waals surface area contributed by atoms with E-state index >= 15 is 0 Å². The van der Waals surface area contributed by atoms with E-state index in [-0.39, 0.29) is 0 Å². The smallest absolute Gasteiger partial charge is 0.168 e. The second kappa shape index (κ2) is 7.29. The molecule has 2 heterocycles. The monoisotopic (exact) mass is 382 g/mol. The van der Waals surface area contributed by atoms with E-state index in [0.29, 0.717) is 10.7 Å². The number of rotatable bonds is 5. The molecule has 7 heteroatoms. The topological polar surface area (TPSA) is 73.8 Å². The molecule has 3 N–H and O–H groups in total. The van der Waals surface area contributed by atoms with Crippen LogP contribution in [0.5, 0.6) is 0 Å². The maximum Gasteiger partial charge on any atom is 0.168 e. The molecule has 26 heavy (non-hydrogen) atoms. The number of nitrogens with zero attached hydrogens (tertiary/aromatic N) is 2. The maximum atomic E-state index is 10.1. The number of aliphatic hydroxyl groups is 1. The van der Waals surface area contributed by atoms with E-state index in [1.165, 1.54) is 11.3 Å². The van der Waals surface area contributed by atoms with E-state index in [2.05, 4.69) is 20.3 Å². The van der Waals surface area contributed by atoms with Crippen molar-refractivity contribution in [3.63, 3.8) is 0 Å². The van der Waals surface area contributed by atoms with Gasteiger partial charge in [-0.05, 0) is 36.4 Å². The first kappa shape index (κ1) is 16.8. The Morgan fingerprint density at radius 1 is 1.12 bits per heavy atom. The summed E-state index contributed by atoms with van der Waals surface area (Å²) in [5, 5.41) is 15.6. The summed E-state index contributed by atoms with van der Waals surface area (Å²) in [7, 11) is 0. The lowest BCUT2D eigenvalue weighted by molar-refractivity contribution is 0.204. The van der Waals surface area contributed by atoms with Crippen molar-refractivity contribution in [1.82, 2.24) is 15.0 Å². The molecule has 0 amide bonds. The summed E-state index contributed by atoms with van der Waals surface area (Å²) >= 11 is 7.49. The Labute approximate surface area is 159 Å². The molecule has 1 unspecified atom stereocenters. The highest BCUT2D eigenvalue weighted by atomic mass is 35.5. The number of H-pyrrole nitrogens is 1. The van der Waals surface area contributed by atoms with Gasteiger partial charge in [-0.3, -0.25) is 0 Å². The first-order chi connectivity index (χ1) is 12.7. The molecule has 0 aliphatic carbocycles. The molecule has 4 rings (SSSR count). The van der Waals surface area contributed by atoms with Crippen molar-refractivity contribution in [2.24, 2.45) is 0 Å². The third kappa shape index (κ3) is 3.62. The molecule has 4 aromatic rings. The van der Waals surface area contributed by atoms with Gasteiger partial charge in [-0.25, -0.2) is 9.97 Å². The third-order valence-electron chi connectivity index (χ3n) is 3.89. The molecule has 0 saturated carbocycles. The summed E-state index contributed by atoms with van der Waals surface area (Å²) in [5.74, 6) is 0.770. The van der Waals surface area contributed by atoms with Crippen LogP contribution in [0.1, 0.15) is 11.9 Å². The summed E-state index contributed by atoms with van der Waals surface area (Å²) in [5.41, 5.74) is 5.85. The van der Waals surface area contributed by atoms with Gasteiger partial charge in [0, 0.05) is 33.4 Å². The minimum absolute atomic E-state index is 0.608. The van der Waals surface area contributed by atoms with Crippen LogP contribution >= 0.6 is 22.9 Å². The van der Waals surface area contributed by atoms with Crippen molar-refractivity contribution in [2.45, 2.75) is 6.23 Å². The zero-order valence-corrected chi connectivity index (χ0v) is 15.1. The number of imidazole rings is 1. The van der Waals surface area contributed by atoms with Crippen LogP contribution in [0.15, 0.2) is 65.6 Å². The average molecular weight is 383 g/mol. The van der Waals surface area contributed by atoms with Gasteiger partial charge in [0.15, 0.2) is 6.23 Å². The largest absolute Gasteiger partial charge is 0.368 e. The van der Waals surface area contributed by atoms with Crippen LogP contribution in [0.25, 0.3) is 22.6 Å². The molecule has 130 valence electrons. The van der Waals surface area contributed by atoms with Gasteiger partial charge in [-0.15, -0.1) is 11.3 Å². The fourth-order valence-electron chi connectivity index (χ4n) is 2.58. The minimum atomic E-state index is -0.829. The van der Waals surface area contributed by atoms with Crippen LogP contribution in [0.4, 0.5) is 5.69 Å². The fourth-order valence-corrected chi connectivity index (χ4v) is 3.34. The summed E-state index contributed by atoms with van der Waals surface area (Å²) in [6.07, 6.45) is 1.03. The first-order valence-corrected chi connectivity index (χ1v) is 9.25. The molecule has 0 bridgehead atoms. The first-order valence-electron chi connectivity index (χ1n) is 7.93. The number of hydrogen-bond donors (Lipinski definition) is 3. The Balaban J connectivity index is 1.50. The van der Waals surface area contributed by atoms with Crippen LogP contribution in [-0.4, -0.2) is 20.1 Å². The second-order valence-electron chi connectivity index (χ2n) is 5.68. The van der Waals surface area contributed by atoms with Gasteiger partial charge in [-0.1, -0.05) is 23.7 Å². The Kier molecular flexibility index (Phi) is 4.71. The summed E-state index contributed by atoms with van der Waals surface area (Å²) in [6, 6.07) is 15.3. The van der Waals surface area contributed by atoms with E-state index in [1.807, 2.05) is 60.1 Å². The van der Waals surface area contributed by atoms with Gasteiger partial charge >= 0.3 is 0 Å². The molecule has 2 aromatic heterocycles. The highest BCUT2D eigenvalue weighted by Gasteiger charge is 2.10. The van der Waals surface area contributed by atoms with Gasteiger partial charge in [0.05, 0.1) is 11.2 Å². The highest BCUT2D eigenvalue weighted by Crippen LogP contribution is 2.26. The van der Waals surface area contributed by atoms with Crippen molar-refractivity contribution in [3.8, 4) is 22.6 Å². The van der Waals surface area contributed by atoms with E-state index < -0.39 is 6.23 Å². The van der Waals surface area contributed by atoms with Gasteiger partial charge in [-0.2, -0.15) is 0 Å². The Bertz CT molecular complexity index is 999. The van der Waals surface area contributed by atoms with Gasteiger partial charge in [0.25, 0.3) is 0 Å². The molecule has 0 aliphatic heterocycles. The predicted molar refractivity (Wildman–Crippen MR) is 105 cm³/mol. The normalized spacial score (nSPS) is 12.1. The summed E-state index contributed by atoms with van der Waals surface area (Å²) in [6.45, 7) is 0. The zero-order valence-electron chi connectivity index (χ0n) is 13.6. The quantitative estimate of drug-likeness (QED) is 0.426. The standard InChI is InChI=1S/C19H15ClN4OS/c20-14-3-1-2-13(8-14)16-9-21-18(24-16)12-4-6-15(7-5-12)23-19(25)17-10-26-11-22-17/h1-11,19,23,25H,(H,21,24).